The van der Waals surface area contributed by atoms with E-state index < -0.39 is 0 Å². The van der Waals surface area contributed by atoms with E-state index in [1.165, 1.54) is 11.5 Å². The highest BCUT2D eigenvalue weighted by molar-refractivity contribution is 7.10. The van der Waals surface area contributed by atoms with Gasteiger partial charge < -0.3 is 11.1 Å². The van der Waals surface area contributed by atoms with Gasteiger partial charge in [-0.1, -0.05) is 0 Å². The zero-order chi connectivity index (χ0) is 13.7. The highest BCUT2D eigenvalue weighted by Crippen LogP contribution is 2.25. The van der Waals surface area contributed by atoms with Gasteiger partial charge in [0.1, 0.15) is 16.6 Å². The monoisotopic (exact) mass is 267 g/mol. The molecule has 0 bridgehead atoms. The Morgan fingerprint density at radius 2 is 2.00 bits per heavy atom. The van der Waals surface area contributed by atoms with Crippen molar-refractivity contribution >= 4 is 22.4 Å². The van der Waals surface area contributed by atoms with E-state index in [0.717, 1.165) is 18.1 Å². The van der Waals surface area contributed by atoms with Gasteiger partial charge in [-0.05, 0) is 39.2 Å². The minimum Gasteiger partial charge on any atom is -0.382 e. The average Bonchev–Trinajstić information content (AvgIpc) is 2.64. The van der Waals surface area contributed by atoms with E-state index in [4.69, 9.17) is 11.0 Å². The molecular formula is C12H21N5S. The Balaban J connectivity index is 2.53. The van der Waals surface area contributed by atoms with E-state index in [9.17, 15) is 0 Å². The predicted molar refractivity (Wildman–Crippen MR) is 76.7 cm³/mol. The lowest BCUT2D eigenvalue weighted by atomic mass is 10.2. The van der Waals surface area contributed by atoms with Gasteiger partial charge in [-0.3, -0.25) is 4.90 Å². The second-order valence-electron chi connectivity index (χ2n) is 4.74. The van der Waals surface area contributed by atoms with Crippen LogP contribution in [0, 0.1) is 11.3 Å². The third kappa shape index (κ3) is 3.59. The van der Waals surface area contributed by atoms with E-state index in [0.29, 0.717) is 23.5 Å². The van der Waals surface area contributed by atoms with Crippen molar-refractivity contribution in [2.75, 3.05) is 24.1 Å². The van der Waals surface area contributed by atoms with Crippen LogP contribution in [0.4, 0.5) is 10.8 Å². The summed E-state index contributed by atoms with van der Waals surface area (Å²) < 4.78 is 3.98. The highest BCUT2D eigenvalue weighted by atomic mass is 32.1. The summed E-state index contributed by atoms with van der Waals surface area (Å²) in [5.41, 5.74) is 6.07. The molecule has 1 aromatic rings. The van der Waals surface area contributed by atoms with Gasteiger partial charge in [0.2, 0.25) is 0 Å². The smallest absolute Gasteiger partial charge is 0.157 e. The molecule has 0 atom stereocenters. The summed E-state index contributed by atoms with van der Waals surface area (Å²) in [5, 5.41) is 13.0. The van der Waals surface area contributed by atoms with Crippen molar-refractivity contribution in [3.8, 4) is 6.07 Å². The van der Waals surface area contributed by atoms with Gasteiger partial charge in [0.05, 0.1) is 0 Å². The lowest BCUT2D eigenvalue weighted by molar-refractivity contribution is 0.182. The van der Waals surface area contributed by atoms with Crippen LogP contribution >= 0.6 is 11.5 Å². The average molecular weight is 267 g/mol. The van der Waals surface area contributed by atoms with Crippen LogP contribution in [-0.2, 0) is 0 Å². The Morgan fingerprint density at radius 1 is 1.39 bits per heavy atom. The molecule has 0 unspecified atom stereocenters. The summed E-state index contributed by atoms with van der Waals surface area (Å²) in [6, 6.07) is 3.09. The van der Waals surface area contributed by atoms with Crippen LogP contribution in [0.25, 0.3) is 0 Å². The van der Waals surface area contributed by atoms with Crippen molar-refractivity contribution in [2.24, 2.45) is 0 Å². The summed E-state index contributed by atoms with van der Waals surface area (Å²) in [4.78, 5) is 2.39. The van der Waals surface area contributed by atoms with Crippen molar-refractivity contribution in [3.63, 3.8) is 0 Å². The van der Waals surface area contributed by atoms with E-state index in [-0.39, 0.29) is 0 Å². The molecule has 0 aliphatic carbocycles. The van der Waals surface area contributed by atoms with Gasteiger partial charge in [-0.25, -0.2) is 0 Å². The molecule has 6 heteroatoms. The Labute approximate surface area is 113 Å². The largest absolute Gasteiger partial charge is 0.382 e. The number of nitriles is 1. The summed E-state index contributed by atoms with van der Waals surface area (Å²) in [5.74, 6) is 0.314. The molecule has 0 saturated carbocycles. The van der Waals surface area contributed by atoms with Crippen LogP contribution in [0.15, 0.2) is 0 Å². The molecular weight excluding hydrogens is 246 g/mol. The lowest BCUT2D eigenvalue weighted by Gasteiger charge is -2.30. The third-order valence-electron chi connectivity index (χ3n) is 2.81. The molecule has 1 aromatic heterocycles. The first-order valence-electron chi connectivity index (χ1n) is 6.12. The molecule has 0 saturated heterocycles. The number of nitrogens with two attached hydrogens (primary N) is 1. The number of nitrogens with zero attached hydrogens (tertiary/aromatic N) is 3. The van der Waals surface area contributed by atoms with Gasteiger partial charge in [0.15, 0.2) is 5.82 Å². The number of rotatable bonds is 6. The van der Waals surface area contributed by atoms with Crippen molar-refractivity contribution in [1.82, 2.24) is 9.27 Å². The summed E-state index contributed by atoms with van der Waals surface area (Å²) in [7, 11) is 0. The molecule has 0 aromatic carbocycles. The molecule has 0 spiro atoms. The first-order valence-corrected chi connectivity index (χ1v) is 6.89. The molecule has 18 heavy (non-hydrogen) atoms. The van der Waals surface area contributed by atoms with Gasteiger partial charge >= 0.3 is 0 Å². The SMILES string of the molecule is CC(C)N(CCNc1snc(N)c1C#N)C(C)C. The number of anilines is 2. The predicted octanol–water partition coefficient (Wildman–Crippen LogP) is 2.13. The van der Waals surface area contributed by atoms with E-state index in [1.54, 1.807) is 0 Å². The number of nitrogens with one attached hydrogen (secondary N) is 1. The third-order valence-corrected chi connectivity index (χ3v) is 3.63. The van der Waals surface area contributed by atoms with Gasteiger partial charge in [-0.15, -0.1) is 0 Å². The number of hydrogen-bond acceptors (Lipinski definition) is 6. The maximum atomic E-state index is 8.96. The van der Waals surface area contributed by atoms with Gasteiger partial charge in [0, 0.05) is 25.2 Å². The van der Waals surface area contributed by atoms with Crippen molar-refractivity contribution < 1.29 is 0 Å². The first kappa shape index (κ1) is 14.7. The number of nitrogen functional groups attached to an aromatic ring is 1. The Hall–Kier alpha value is -1.32. The quantitative estimate of drug-likeness (QED) is 0.825. The summed E-state index contributed by atoms with van der Waals surface area (Å²) in [6.45, 7) is 10.5. The molecule has 1 rings (SSSR count). The second-order valence-corrected chi connectivity index (χ2v) is 5.51. The zero-order valence-corrected chi connectivity index (χ0v) is 12.2. The van der Waals surface area contributed by atoms with Crippen LogP contribution in [0.2, 0.25) is 0 Å². The summed E-state index contributed by atoms with van der Waals surface area (Å²) in [6.07, 6.45) is 0. The Kier molecular flexibility index (Phi) is 5.38. The molecule has 0 amide bonds. The van der Waals surface area contributed by atoms with Crippen LogP contribution in [0.5, 0.6) is 0 Å². The fourth-order valence-corrected chi connectivity index (χ4v) is 2.63. The Morgan fingerprint density at radius 3 is 2.50 bits per heavy atom. The number of hydrogen-bond donors (Lipinski definition) is 2. The lowest BCUT2D eigenvalue weighted by Crippen LogP contribution is -2.40. The van der Waals surface area contributed by atoms with Crippen LogP contribution in [0.1, 0.15) is 33.3 Å². The fourth-order valence-electron chi connectivity index (χ4n) is 1.94. The minimum atomic E-state index is 0.314. The van der Waals surface area contributed by atoms with Crippen molar-refractivity contribution in [3.05, 3.63) is 5.56 Å². The standard InChI is InChI=1S/C12H21N5S/c1-8(2)17(9(3)4)6-5-15-12-10(7-13)11(14)16-18-12/h8-9,15H,5-6H2,1-4H3,(H2,14,16). The fraction of sp³-hybridized carbons (Fsp3) is 0.667. The van der Waals surface area contributed by atoms with Crippen molar-refractivity contribution in [2.45, 2.75) is 39.8 Å². The summed E-state index contributed by atoms with van der Waals surface area (Å²) >= 11 is 1.24. The minimum absolute atomic E-state index is 0.314. The van der Waals surface area contributed by atoms with Crippen LogP contribution < -0.4 is 11.1 Å². The molecule has 0 radical (unpaired) electrons. The van der Waals surface area contributed by atoms with Crippen LogP contribution in [0.3, 0.4) is 0 Å². The van der Waals surface area contributed by atoms with Crippen molar-refractivity contribution in [1.29, 1.82) is 5.26 Å². The maximum Gasteiger partial charge on any atom is 0.157 e. The molecule has 5 nitrogen and oxygen atoms in total. The molecule has 100 valence electrons. The molecule has 3 N–H and O–H groups in total. The maximum absolute atomic E-state index is 8.96. The normalized spacial score (nSPS) is 11.2. The molecule has 1 heterocycles. The van der Waals surface area contributed by atoms with E-state index >= 15 is 0 Å². The first-order chi connectivity index (χ1) is 8.47. The van der Waals surface area contributed by atoms with Gasteiger partial charge in [0.25, 0.3) is 0 Å². The highest BCUT2D eigenvalue weighted by Gasteiger charge is 2.14. The molecule has 0 fully saturated rings. The molecule has 0 aliphatic rings. The second kappa shape index (κ2) is 6.57. The Bertz CT molecular complexity index is 411. The van der Waals surface area contributed by atoms with Gasteiger partial charge in [-0.2, -0.15) is 9.64 Å². The molecule has 0 aliphatic heterocycles. The number of aromatic nitrogens is 1. The van der Waals surface area contributed by atoms with Crippen LogP contribution in [-0.4, -0.2) is 34.4 Å². The van der Waals surface area contributed by atoms with E-state index in [1.807, 2.05) is 0 Å². The topological polar surface area (TPSA) is 78.0 Å². The van der Waals surface area contributed by atoms with E-state index in [2.05, 4.69) is 48.4 Å². The zero-order valence-electron chi connectivity index (χ0n) is 11.4.